The monoisotopic (exact) mass is 143 g/mol. The molecule has 0 aromatic rings. The lowest BCUT2D eigenvalue weighted by molar-refractivity contribution is 0.681. The van der Waals surface area contributed by atoms with Gasteiger partial charge < -0.3 is 11.6 Å². The Kier molecular flexibility index (Phi) is 5.92. The predicted molar refractivity (Wildman–Crippen MR) is 44.6 cm³/mol. The van der Waals surface area contributed by atoms with Crippen molar-refractivity contribution in [2.75, 3.05) is 0 Å². The Morgan fingerprint density at radius 1 is 1.30 bits per heavy atom. The van der Waals surface area contributed by atoms with Crippen LogP contribution in [0.2, 0.25) is 0 Å². The fourth-order valence-corrected chi connectivity index (χ4v) is 0.797. The second-order valence-electron chi connectivity index (χ2n) is 2.43. The molecule has 0 heterocycles. The van der Waals surface area contributed by atoms with Crippen LogP contribution in [0.1, 0.15) is 39.0 Å². The molecule has 0 spiro atoms. The molecule has 0 aliphatic rings. The van der Waals surface area contributed by atoms with Gasteiger partial charge in [0.15, 0.2) is 0 Å². The highest BCUT2D eigenvalue weighted by Crippen LogP contribution is 2.01. The Labute approximate surface area is 62.5 Å². The molecular weight excluding hydrogens is 126 g/mol. The van der Waals surface area contributed by atoms with E-state index in [-0.39, 0.29) is 0 Å². The minimum Gasteiger partial charge on any atom is -0.386 e. The molecule has 0 rings (SSSR count). The van der Waals surface area contributed by atoms with Gasteiger partial charge in [0.1, 0.15) is 5.84 Å². The van der Waals surface area contributed by atoms with E-state index in [1.54, 1.807) is 0 Å². The van der Waals surface area contributed by atoms with Crippen molar-refractivity contribution in [1.29, 1.82) is 0 Å². The van der Waals surface area contributed by atoms with Gasteiger partial charge in [-0.25, -0.2) is 0 Å². The second-order valence-corrected chi connectivity index (χ2v) is 2.43. The average molecular weight is 143 g/mol. The minimum absolute atomic E-state index is 0.566. The zero-order valence-corrected chi connectivity index (χ0v) is 6.64. The molecule has 0 saturated heterocycles. The largest absolute Gasteiger partial charge is 0.386 e. The standard InChI is InChI=1S/C7H17N3/c1-2-3-4-5-6-7(8)10-9/h2-6,9H2,1H3,(H2,8,10). The molecule has 4 N–H and O–H groups in total. The van der Waals surface area contributed by atoms with E-state index in [0.29, 0.717) is 5.84 Å². The Balaban J connectivity index is 3.04. The summed E-state index contributed by atoms with van der Waals surface area (Å²) >= 11 is 0. The van der Waals surface area contributed by atoms with Gasteiger partial charge in [-0.2, -0.15) is 5.10 Å². The van der Waals surface area contributed by atoms with Crippen LogP contribution in [0.5, 0.6) is 0 Å². The lowest BCUT2D eigenvalue weighted by Crippen LogP contribution is -2.13. The highest BCUT2D eigenvalue weighted by atomic mass is 15.1. The van der Waals surface area contributed by atoms with Crippen LogP contribution in [-0.2, 0) is 0 Å². The van der Waals surface area contributed by atoms with Gasteiger partial charge in [-0.05, 0) is 6.42 Å². The minimum atomic E-state index is 0.566. The molecule has 3 nitrogen and oxygen atoms in total. The Bertz CT molecular complexity index is 99.0. The number of rotatable bonds is 5. The quantitative estimate of drug-likeness (QED) is 0.199. The van der Waals surface area contributed by atoms with Crippen LogP contribution in [-0.4, -0.2) is 5.84 Å². The molecule has 0 aromatic heterocycles. The lowest BCUT2D eigenvalue weighted by Gasteiger charge is -1.97. The van der Waals surface area contributed by atoms with Crippen molar-refractivity contribution < 1.29 is 0 Å². The third-order valence-electron chi connectivity index (χ3n) is 1.45. The van der Waals surface area contributed by atoms with Crippen molar-refractivity contribution in [3.8, 4) is 0 Å². The van der Waals surface area contributed by atoms with Gasteiger partial charge in [-0.15, -0.1) is 0 Å². The number of nitrogens with zero attached hydrogens (tertiary/aromatic N) is 1. The molecular formula is C7H17N3. The molecule has 0 aromatic carbocycles. The van der Waals surface area contributed by atoms with Crippen LogP contribution in [0.3, 0.4) is 0 Å². The average Bonchev–Trinajstić information content (AvgIpc) is 1.98. The van der Waals surface area contributed by atoms with Gasteiger partial charge in [0.2, 0.25) is 0 Å². The van der Waals surface area contributed by atoms with Crippen LogP contribution in [0.15, 0.2) is 5.10 Å². The van der Waals surface area contributed by atoms with Gasteiger partial charge in [-0.1, -0.05) is 26.2 Å². The van der Waals surface area contributed by atoms with E-state index in [2.05, 4.69) is 12.0 Å². The first-order valence-electron chi connectivity index (χ1n) is 3.83. The molecule has 10 heavy (non-hydrogen) atoms. The number of hydrazone groups is 1. The summed E-state index contributed by atoms with van der Waals surface area (Å²) < 4.78 is 0. The topological polar surface area (TPSA) is 64.4 Å². The third-order valence-corrected chi connectivity index (χ3v) is 1.45. The molecule has 0 radical (unpaired) electrons. The number of hydrogen-bond acceptors (Lipinski definition) is 2. The summed E-state index contributed by atoms with van der Waals surface area (Å²) in [5.74, 6) is 5.52. The highest BCUT2D eigenvalue weighted by Gasteiger charge is 1.90. The van der Waals surface area contributed by atoms with E-state index in [1.807, 2.05) is 0 Å². The van der Waals surface area contributed by atoms with E-state index in [0.717, 1.165) is 12.8 Å². The molecule has 60 valence electrons. The van der Waals surface area contributed by atoms with Gasteiger partial charge in [0, 0.05) is 6.42 Å². The molecule has 3 heteroatoms. The van der Waals surface area contributed by atoms with Crippen LogP contribution in [0, 0.1) is 0 Å². The Hall–Kier alpha value is -0.730. The zero-order valence-electron chi connectivity index (χ0n) is 6.64. The van der Waals surface area contributed by atoms with Gasteiger partial charge in [-0.3, -0.25) is 0 Å². The summed E-state index contributed by atoms with van der Waals surface area (Å²) in [6.07, 6.45) is 5.71. The second kappa shape index (κ2) is 6.39. The first-order chi connectivity index (χ1) is 4.81. The molecule has 0 aliphatic carbocycles. The summed E-state index contributed by atoms with van der Waals surface area (Å²) in [5, 5.41) is 3.38. The van der Waals surface area contributed by atoms with Crippen molar-refractivity contribution in [3.63, 3.8) is 0 Å². The SMILES string of the molecule is CCCCCCC(N)=NN. The van der Waals surface area contributed by atoms with Crippen LogP contribution in [0.25, 0.3) is 0 Å². The molecule has 0 unspecified atom stereocenters. The Morgan fingerprint density at radius 2 is 2.00 bits per heavy atom. The lowest BCUT2D eigenvalue weighted by atomic mass is 10.1. The maximum atomic E-state index is 5.38. The molecule has 0 saturated carbocycles. The van der Waals surface area contributed by atoms with Crippen LogP contribution < -0.4 is 11.6 Å². The molecule has 0 atom stereocenters. The molecule has 0 aliphatic heterocycles. The summed E-state index contributed by atoms with van der Waals surface area (Å²) in [4.78, 5) is 0. The van der Waals surface area contributed by atoms with Gasteiger partial charge >= 0.3 is 0 Å². The maximum absolute atomic E-state index is 5.38. The van der Waals surface area contributed by atoms with Crippen LogP contribution >= 0.6 is 0 Å². The molecule has 0 amide bonds. The number of unbranched alkanes of at least 4 members (excludes halogenated alkanes) is 3. The summed E-state index contributed by atoms with van der Waals surface area (Å²) in [5.41, 5.74) is 5.38. The first-order valence-corrected chi connectivity index (χ1v) is 3.83. The zero-order chi connectivity index (χ0) is 7.82. The van der Waals surface area contributed by atoms with Crippen molar-refractivity contribution in [1.82, 2.24) is 0 Å². The predicted octanol–water partition coefficient (Wildman–Crippen LogP) is 1.19. The molecule has 0 bridgehead atoms. The van der Waals surface area contributed by atoms with Gasteiger partial charge in [0.05, 0.1) is 0 Å². The fourth-order valence-electron chi connectivity index (χ4n) is 0.797. The Morgan fingerprint density at radius 3 is 2.50 bits per heavy atom. The van der Waals surface area contributed by atoms with Crippen molar-refractivity contribution in [2.24, 2.45) is 16.7 Å². The van der Waals surface area contributed by atoms with E-state index < -0.39 is 0 Å². The number of amidine groups is 1. The molecule has 0 fully saturated rings. The van der Waals surface area contributed by atoms with Crippen molar-refractivity contribution >= 4 is 5.84 Å². The number of hydrogen-bond donors (Lipinski definition) is 2. The van der Waals surface area contributed by atoms with Crippen LogP contribution in [0.4, 0.5) is 0 Å². The summed E-state index contributed by atoms with van der Waals surface area (Å²) in [6.45, 7) is 2.18. The summed E-state index contributed by atoms with van der Waals surface area (Å²) in [7, 11) is 0. The highest BCUT2D eigenvalue weighted by molar-refractivity contribution is 5.79. The number of nitrogens with two attached hydrogens (primary N) is 2. The van der Waals surface area contributed by atoms with E-state index in [4.69, 9.17) is 11.6 Å². The maximum Gasteiger partial charge on any atom is 0.119 e. The van der Waals surface area contributed by atoms with E-state index in [1.165, 1.54) is 19.3 Å². The van der Waals surface area contributed by atoms with E-state index in [9.17, 15) is 0 Å². The van der Waals surface area contributed by atoms with Crippen molar-refractivity contribution in [2.45, 2.75) is 39.0 Å². The normalized spacial score (nSPS) is 11.9. The fraction of sp³-hybridized carbons (Fsp3) is 0.857. The smallest absolute Gasteiger partial charge is 0.119 e. The van der Waals surface area contributed by atoms with Gasteiger partial charge in [0.25, 0.3) is 0 Å². The third kappa shape index (κ3) is 5.41. The van der Waals surface area contributed by atoms with Crippen molar-refractivity contribution in [3.05, 3.63) is 0 Å². The van der Waals surface area contributed by atoms with E-state index >= 15 is 0 Å². The summed E-state index contributed by atoms with van der Waals surface area (Å²) in [6, 6.07) is 0. The first kappa shape index (κ1) is 9.27.